The minimum Gasteiger partial charge on any atom is -0.319 e. The lowest BCUT2D eigenvalue weighted by Crippen LogP contribution is -2.29. The van der Waals surface area contributed by atoms with Crippen LogP contribution in [0, 0.1) is 5.92 Å². The third-order valence-electron chi connectivity index (χ3n) is 3.30. The van der Waals surface area contributed by atoms with Gasteiger partial charge in [-0.3, -0.25) is 4.98 Å². The summed E-state index contributed by atoms with van der Waals surface area (Å²) in [5.41, 5.74) is 2.41. The van der Waals surface area contributed by atoms with Crippen LogP contribution >= 0.6 is 0 Å². The Morgan fingerprint density at radius 3 is 2.95 bits per heavy atom. The molecule has 0 amide bonds. The Bertz CT molecular complexity index is 524. The first-order valence-electron chi connectivity index (χ1n) is 6.86. The van der Waals surface area contributed by atoms with Crippen molar-refractivity contribution in [3.05, 3.63) is 42.1 Å². The van der Waals surface area contributed by atoms with Crippen molar-refractivity contribution in [2.75, 3.05) is 27.2 Å². The van der Waals surface area contributed by atoms with E-state index in [-0.39, 0.29) is 0 Å². The van der Waals surface area contributed by atoms with Gasteiger partial charge in [0, 0.05) is 24.7 Å². The Morgan fingerprint density at radius 2 is 2.16 bits per heavy atom. The number of benzene rings is 1. The first-order valence-corrected chi connectivity index (χ1v) is 6.86. The number of aromatic nitrogens is 1. The minimum absolute atomic E-state index is 0.664. The Morgan fingerprint density at radius 1 is 1.32 bits per heavy atom. The van der Waals surface area contributed by atoms with Crippen LogP contribution in [0.2, 0.25) is 0 Å². The zero-order valence-corrected chi connectivity index (χ0v) is 12.1. The van der Waals surface area contributed by atoms with E-state index in [0.717, 1.165) is 25.2 Å². The minimum atomic E-state index is 0.664. The van der Waals surface area contributed by atoms with E-state index in [0.29, 0.717) is 5.92 Å². The summed E-state index contributed by atoms with van der Waals surface area (Å²) in [7, 11) is 4.19. The molecule has 1 unspecified atom stereocenters. The van der Waals surface area contributed by atoms with Crippen molar-refractivity contribution in [3.63, 3.8) is 0 Å². The maximum atomic E-state index is 4.35. The van der Waals surface area contributed by atoms with Crippen molar-refractivity contribution in [3.8, 4) is 0 Å². The largest absolute Gasteiger partial charge is 0.319 e. The fourth-order valence-corrected chi connectivity index (χ4v) is 2.54. The summed E-state index contributed by atoms with van der Waals surface area (Å²) in [6.45, 7) is 5.42. The molecule has 0 aliphatic heterocycles. The first kappa shape index (κ1) is 14.0. The van der Waals surface area contributed by atoms with Gasteiger partial charge in [0.1, 0.15) is 0 Å². The van der Waals surface area contributed by atoms with Gasteiger partial charge in [-0.15, -0.1) is 0 Å². The molecule has 0 aliphatic rings. The van der Waals surface area contributed by atoms with Crippen LogP contribution < -0.4 is 5.32 Å². The third kappa shape index (κ3) is 4.01. The van der Waals surface area contributed by atoms with Crippen molar-refractivity contribution in [2.24, 2.45) is 5.92 Å². The second-order valence-electron chi connectivity index (χ2n) is 5.39. The highest BCUT2D eigenvalue weighted by Gasteiger charge is 2.06. The molecule has 1 N–H and O–H groups in total. The predicted molar refractivity (Wildman–Crippen MR) is 81.2 cm³/mol. The van der Waals surface area contributed by atoms with Crippen LogP contribution in [0.3, 0.4) is 0 Å². The van der Waals surface area contributed by atoms with E-state index >= 15 is 0 Å². The summed E-state index contributed by atoms with van der Waals surface area (Å²) in [5, 5.41) is 4.45. The van der Waals surface area contributed by atoms with E-state index in [1.54, 1.807) is 0 Å². The van der Waals surface area contributed by atoms with E-state index in [4.69, 9.17) is 0 Å². The Kier molecular flexibility index (Phi) is 4.88. The summed E-state index contributed by atoms with van der Waals surface area (Å²) in [5.74, 6) is 0.664. The van der Waals surface area contributed by atoms with Crippen molar-refractivity contribution in [1.82, 2.24) is 15.2 Å². The van der Waals surface area contributed by atoms with Crippen LogP contribution in [-0.2, 0) is 6.54 Å². The molecule has 2 aromatic rings. The zero-order valence-electron chi connectivity index (χ0n) is 12.1. The van der Waals surface area contributed by atoms with Crippen LogP contribution in [0.15, 0.2) is 36.5 Å². The predicted octanol–water partition coefficient (Wildman–Crippen LogP) is 2.52. The Balaban J connectivity index is 2.00. The van der Waals surface area contributed by atoms with Gasteiger partial charge in [-0.05, 0) is 50.3 Å². The number of hydrogen-bond donors (Lipinski definition) is 1. The van der Waals surface area contributed by atoms with Crippen LogP contribution in [0.25, 0.3) is 10.9 Å². The lowest BCUT2D eigenvalue weighted by Gasteiger charge is -2.21. The summed E-state index contributed by atoms with van der Waals surface area (Å²) >= 11 is 0. The van der Waals surface area contributed by atoms with Gasteiger partial charge in [0.15, 0.2) is 0 Å². The molecule has 1 heterocycles. The second kappa shape index (κ2) is 6.64. The molecule has 0 saturated heterocycles. The molecule has 2 rings (SSSR count). The smallest absolute Gasteiger partial charge is 0.0702 e. The summed E-state index contributed by atoms with van der Waals surface area (Å²) < 4.78 is 0. The molecule has 3 nitrogen and oxygen atoms in total. The third-order valence-corrected chi connectivity index (χ3v) is 3.30. The topological polar surface area (TPSA) is 28.2 Å². The molecule has 1 atom stereocenters. The van der Waals surface area contributed by atoms with Crippen LogP contribution in [0.1, 0.15) is 12.5 Å². The fourth-order valence-electron chi connectivity index (χ4n) is 2.54. The molecular weight excluding hydrogens is 234 g/mol. The van der Waals surface area contributed by atoms with Crippen LogP contribution in [0.5, 0.6) is 0 Å². The van der Waals surface area contributed by atoms with Gasteiger partial charge in [0.05, 0.1) is 5.52 Å². The van der Waals surface area contributed by atoms with Crippen LogP contribution in [0.4, 0.5) is 0 Å². The zero-order chi connectivity index (χ0) is 13.7. The average molecular weight is 257 g/mol. The van der Waals surface area contributed by atoms with Crippen molar-refractivity contribution >= 4 is 10.9 Å². The number of hydrogen-bond acceptors (Lipinski definition) is 3. The molecule has 1 aromatic heterocycles. The average Bonchev–Trinajstić information content (AvgIpc) is 2.38. The Hall–Kier alpha value is -1.45. The number of pyridine rings is 1. The fraction of sp³-hybridized carbons (Fsp3) is 0.438. The molecule has 1 aromatic carbocycles. The van der Waals surface area contributed by atoms with E-state index in [1.807, 2.05) is 19.3 Å². The lowest BCUT2D eigenvalue weighted by atomic mass is 10.1. The van der Waals surface area contributed by atoms with Crippen molar-refractivity contribution in [1.29, 1.82) is 0 Å². The van der Waals surface area contributed by atoms with E-state index in [2.05, 4.69) is 53.4 Å². The normalized spacial score (nSPS) is 13.1. The molecule has 0 fully saturated rings. The number of nitrogens with one attached hydrogen (secondary N) is 1. The van der Waals surface area contributed by atoms with E-state index in [9.17, 15) is 0 Å². The monoisotopic (exact) mass is 257 g/mol. The molecule has 3 heteroatoms. The highest BCUT2D eigenvalue weighted by Crippen LogP contribution is 2.14. The maximum absolute atomic E-state index is 4.35. The number of rotatable bonds is 6. The van der Waals surface area contributed by atoms with E-state index in [1.165, 1.54) is 10.9 Å². The van der Waals surface area contributed by atoms with Crippen LogP contribution in [-0.4, -0.2) is 37.1 Å². The van der Waals surface area contributed by atoms with Gasteiger partial charge >= 0.3 is 0 Å². The number of nitrogens with zero attached hydrogens (tertiary/aromatic N) is 2. The molecule has 0 saturated carbocycles. The highest BCUT2D eigenvalue weighted by atomic mass is 15.1. The van der Waals surface area contributed by atoms with E-state index < -0.39 is 0 Å². The van der Waals surface area contributed by atoms with Gasteiger partial charge in [-0.25, -0.2) is 0 Å². The SMILES string of the molecule is CNCC(C)CN(C)Cc1ccc2ncccc2c1. The standard InChI is InChI=1S/C16H23N3/c1-13(10-17-2)11-19(3)12-14-6-7-16-15(9-14)5-4-8-18-16/h4-9,13,17H,10-12H2,1-3H3. The summed E-state index contributed by atoms with van der Waals surface area (Å²) in [6, 6.07) is 10.6. The van der Waals surface area contributed by atoms with Gasteiger partial charge in [-0.1, -0.05) is 19.1 Å². The molecule has 0 radical (unpaired) electrons. The maximum Gasteiger partial charge on any atom is 0.0702 e. The number of fused-ring (bicyclic) bond motifs is 1. The Labute approximate surface area is 115 Å². The summed E-state index contributed by atoms with van der Waals surface area (Å²) in [4.78, 5) is 6.73. The second-order valence-corrected chi connectivity index (χ2v) is 5.39. The van der Waals surface area contributed by atoms with Gasteiger partial charge in [0.25, 0.3) is 0 Å². The van der Waals surface area contributed by atoms with Gasteiger partial charge in [0.2, 0.25) is 0 Å². The molecule has 0 aliphatic carbocycles. The van der Waals surface area contributed by atoms with Crippen molar-refractivity contribution < 1.29 is 0 Å². The quantitative estimate of drug-likeness (QED) is 0.862. The molecular formula is C16H23N3. The van der Waals surface area contributed by atoms with Crippen molar-refractivity contribution in [2.45, 2.75) is 13.5 Å². The molecule has 0 bridgehead atoms. The van der Waals surface area contributed by atoms with Gasteiger partial charge in [-0.2, -0.15) is 0 Å². The van der Waals surface area contributed by atoms with Gasteiger partial charge < -0.3 is 10.2 Å². The molecule has 0 spiro atoms. The molecule has 19 heavy (non-hydrogen) atoms. The summed E-state index contributed by atoms with van der Waals surface area (Å²) in [6.07, 6.45) is 1.84. The highest BCUT2D eigenvalue weighted by molar-refractivity contribution is 5.78. The first-order chi connectivity index (χ1) is 9.19. The lowest BCUT2D eigenvalue weighted by molar-refractivity contribution is 0.276. The molecule has 102 valence electrons.